The van der Waals surface area contributed by atoms with Gasteiger partial charge in [0.1, 0.15) is 5.71 Å². The highest BCUT2D eigenvalue weighted by Crippen LogP contribution is 2.21. The van der Waals surface area contributed by atoms with Crippen molar-refractivity contribution in [1.29, 1.82) is 0 Å². The Morgan fingerprint density at radius 2 is 1.56 bits per heavy atom. The molecule has 0 radical (unpaired) electrons. The Bertz CT molecular complexity index is 1020. The van der Waals surface area contributed by atoms with Crippen molar-refractivity contribution in [3.05, 3.63) is 77.6 Å². The zero-order valence-corrected chi connectivity index (χ0v) is 18.8. The number of carbonyl (C=O) groups is 2. The lowest BCUT2D eigenvalue weighted by molar-refractivity contribution is -0.112. The summed E-state index contributed by atoms with van der Waals surface area (Å²) in [5.74, 6) is -0.846. The summed E-state index contributed by atoms with van der Waals surface area (Å²) in [4.78, 5) is 28.4. The number of anilines is 1. The van der Waals surface area contributed by atoms with E-state index in [-0.39, 0.29) is 18.2 Å². The minimum atomic E-state index is -0.607. The van der Waals surface area contributed by atoms with E-state index in [1.807, 2.05) is 62.4 Å². The molecule has 0 heterocycles. The van der Waals surface area contributed by atoms with E-state index in [0.717, 1.165) is 29.8 Å². The van der Waals surface area contributed by atoms with Gasteiger partial charge in [0.05, 0.1) is 12.2 Å². The van der Waals surface area contributed by atoms with Gasteiger partial charge in [-0.05, 0) is 61.7 Å². The van der Waals surface area contributed by atoms with Gasteiger partial charge in [-0.1, -0.05) is 37.3 Å². The summed E-state index contributed by atoms with van der Waals surface area (Å²) < 4.78 is 0. The van der Waals surface area contributed by atoms with E-state index in [2.05, 4.69) is 15.6 Å². The van der Waals surface area contributed by atoms with Gasteiger partial charge in [0.25, 0.3) is 11.8 Å². The Morgan fingerprint density at radius 3 is 2.09 bits per heavy atom. The molecule has 0 spiro atoms. The quantitative estimate of drug-likeness (QED) is 0.260. The highest BCUT2D eigenvalue weighted by molar-refractivity contribution is 6.37. The number of aliphatic imine (C=N–C) groups is 1. The number of amides is 2. The van der Waals surface area contributed by atoms with Crippen LogP contribution in [0.1, 0.15) is 37.6 Å². The van der Waals surface area contributed by atoms with Gasteiger partial charge in [-0.3, -0.25) is 14.6 Å². The average molecular weight is 434 g/mol. The van der Waals surface area contributed by atoms with Gasteiger partial charge in [0, 0.05) is 23.5 Å². The standard InChI is InChI=1S/C25H31N5O2/c1-4-6-22(28-5-2)15-23(30-17(3)24(27)31)16-29-25(32)20-9-7-18(8-10-20)19-11-13-21(26)14-12-19/h6-15,28H,4-5,16,26H2,1-3H3,(H2,27,31)(H,29,32)/b22-6-,23-15-,30-17?. The van der Waals surface area contributed by atoms with Gasteiger partial charge in [-0.25, -0.2) is 0 Å². The van der Waals surface area contributed by atoms with Crippen LogP contribution in [0, 0.1) is 0 Å². The topological polar surface area (TPSA) is 123 Å². The van der Waals surface area contributed by atoms with E-state index in [1.165, 1.54) is 0 Å². The van der Waals surface area contributed by atoms with E-state index in [4.69, 9.17) is 11.5 Å². The van der Waals surface area contributed by atoms with E-state index in [9.17, 15) is 9.59 Å². The minimum Gasteiger partial charge on any atom is -0.399 e. The van der Waals surface area contributed by atoms with Gasteiger partial charge >= 0.3 is 0 Å². The normalized spacial score (nSPS) is 12.4. The number of carbonyl (C=O) groups excluding carboxylic acids is 2. The third kappa shape index (κ3) is 7.43. The number of rotatable bonds is 10. The zero-order valence-electron chi connectivity index (χ0n) is 18.8. The van der Waals surface area contributed by atoms with Crippen molar-refractivity contribution in [2.45, 2.75) is 27.2 Å². The van der Waals surface area contributed by atoms with Gasteiger partial charge in [0.15, 0.2) is 0 Å². The Labute approximate surface area is 189 Å². The molecule has 2 rings (SSSR count). The van der Waals surface area contributed by atoms with Crippen LogP contribution in [0.5, 0.6) is 0 Å². The molecule has 7 heteroatoms. The summed E-state index contributed by atoms with van der Waals surface area (Å²) in [7, 11) is 0. The fourth-order valence-electron chi connectivity index (χ4n) is 2.94. The number of nitrogens with zero attached hydrogens (tertiary/aromatic N) is 1. The maximum Gasteiger partial charge on any atom is 0.262 e. The molecule has 0 saturated carbocycles. The summed E-state index contributed by atoms with van der Waals surface area (Å²) in [6.45, 7) is 6.45. The maximum atomic E-state index is 12.7. The second-order valence-electron chi connectivity index (χ2n) is 7.18. The third-order valence-corrected chi connectivity index (χ3v) is 4.62. The maximum absolute atomic E-state index is 12.7. The van der Waals surface area contributed by atoms with E-state index in [0.29, 0.717) is 16.9 Å². The lowest BCUT2D eigenvalue weighted by Crippen LogP contribution is -2.27. The molecule has 0 aliphatic carbocycles. The summed E-state index contributed by atoms with van der Waals surface area (Å²) in [5.41, 5.74) is 15.9. The number of nitrogens with two attached hydrogens (primary N) is 2. The fraction of sp³-hybridized carbons (Fsp3) is 0.240. The molecular formula is C25H31N5O2. The highest BCUT2D eigenvalue weighted by Gasteiger charge is 2.09. The fourth-order valence-corrected chi connectivity index (χ4v) is 2.94. The summed E-state index contributed by atoms with van der Waals surface area (Å²) in [6.07, 6.45) is 4.65. The van der Waals surface area contributed by atoms with Crippen molar-refractivity contribution in [1.82, 2.24) is 10.6 Å². The number of likely N-dealkylation sites (N-methyl/N-ethyl adjacent to an activating group) is 1. The van der Waals surface area contributed by atoms with Crippen LogP contribution in [-0.4, -0.2) is 30.6 Å². The van der Waals surface area contributed by atoms with Crippen LogP contribution in [-0.2, 0) is 4.79 Å². The second kappa shape index (κ2) is 12.1. The largest absolute Gasteiger partial charge is 0.399 e. The summed E-state index contributed by atoms with van der Waals surface area (Å²) >= 11 is 0. The Kier molecular flexibility index (Phi) is 9.22. The SMILES string of the molecule is CC/C=C(/C=C(/CNC(=O)c1ccc(-c2ccc(N)cc2)cc1)N=C(C)C(N)=O)NCC. The number of nitrogens with one attached hydrogen (secondary N) is 2. The molecule has 2 aromatic carbocycles. The lowest BCUT2D eigenvalue weighted by atomic mass is 10.0. The van der Waals surface area contributed by atoms with E-state index >= 15 is 0 Å². The molecule has 0 bridgehead atoms. The van der Waals surface area contributed by atoms with Crippen molar-refractivity contribution in [3.8, 4) is 11.1 Å². The van der Waals surface area contributed by atoms with Crippen LogP contribution in [0.15, 0.2) is 77.1 Å². The number of benzene rings is 2. The van der Waals surface area contributed by atoms with Crippen molar-refractivity contribution in [2.75, 3.05) is 18.8 Å². The van der Waals surface area contributed by atoms with Crippen molar-refractivity contribution < 1.29 is 9.59 Å². The predicted molar refractivity (Wildman–Crippen MR) is 131 cm³/mol. The molecule has 0 unspecified atom stereocenters. The van der Waals surface area contributed by atoms with Crippen LogP contribution in [0.25, 0.3) is 11.1 Å². The molecule has 7 nitrogen and oxygen atoms in total. The van der Waals surface area contributed by atoms with E-state index in [1.54, 1.807) is 19.1 Å². The van der Waals surface area contributed by atoms with Crippen molar-refractivity contribution in [2.24, 2.45) is 10.7 Å². The van der Waals surface area contributed by atoms with Crippen LogP contribution in [0.2, 0.25) is 0 Å². The Morgan fingerprint density at radius 1 is 0.969 bits per heavy atom. The van der Waals surface area contributed by atoms with Gasteiger partial charge in [-0.2, -0.15) is 0 Å². The molecule has 0 aliphatic rings. The molecule has 2 aromatic rings. The van der Waals surface area contributed by atoms with Crippen LogP contribution in [0.3, 0.4) is 0 Å². The molecule has 0 fully saturated rings. The van der Waals surface area contributed by atoms with Gasteiger partial charge < -0.3 is 22.1 Å². The lowest BCUT2D eigenvalue weighted by Gasteiger charge is -2.10. The zero-order chi connectivity index (χ0) is 23.5. The Balaban J connectivity index is 2.16. The van der Waals surface area contributed by atoms with Crippen LogP contribution in [0.4, 0.5) is 5.69 Å². The number of nitrogen functional groups attached to an aromatic ring is 1. The van der Waals surface area contributed by atoms with E-state index < -0.39 is 5.91 Å². The molecule has 0 saturated heterocycles. The monoisotopic (exact) mass is 433 g/mol. The molecule has 32 heavy (non-hydrogen) atoms. The smallest absolute Gasteiger partial charge is 0.262 e. The van der Waals surface area contributed by atoms with Gasteiger partial charge in [0.2, 0.25) is 0 Å². The average Bonchev–Trinajstić information content (AvgIpc) is 2.78. The first kappa shape index (κ1) is 24.4. The molecule has 0 aliphatic heterocycles. The number of primary amides is 1. The third-order valence-electron chi connectivity index (χ3n) is 4.62. The molecule has 2 amide bonds. The summed E-state index contributed by atoms with van der Waals surface area (Å²) in [6, 6.07) is 14.9. The van der Waals surface area contributed by atoms with Crippen LogP contribution >= 0.6 is 0 Å². The van der Waals surface area contributed by atoms with Crippen molar-refractivity contribution in [3.63, 3.8) is 0 Å². The first-order valence-electron chi connectivity index (χ1n) is 10.6. The number of allylic oxidation sites excluding steroid dienone is 2. The number of hydrogen-bond acceptors (Lipinski definition) is 5. The number of hydrogen-bond donors (Lipinski definition) is 4. The Hall–Kier alpha value is -3.87. The first-order valence-corrected chi connectivity index (χ1v) is 10.6. The summed E-state index contributed by atoms with van der Waals surface area (Å²) in [5, 5.41) is 6.10. The predicted octanol–water partition coefficient (Wildman–Crippen LogP) is 3.40. The highest BCUT2D eigenvalue weighted by atomic mass is 16.2. The minimum absolute atomic E-state index is 0.148. The van der Waals surface area contributed by atoms with Crippen LogP contribution < -0.4 is 22.1 Å². The molecular weight excluding hydrogens is 402 g/mol. The first-order chi connectivity index (χ1) is 15.3. The molecule has 0 atom stereocenters. The molecule has 168 valence electrons. The van der Waals surface area contributed by atoms with Gasteiger partial charge in [-0.15, -0.1) is 0 Å². The second-order valence-corrected chi connectivity index (χ2v) is 7.18. The molecule has 0 aromatic heterocycles. The van der Waals surface area contributed by atoms with Crippen molar-refractivity contribution >= 4 is 23.2 Å². The molecule has 6 N–H and O–H groups in total.